The maximum Gasteiger partial charge on any atom is 0.181 e. The van der Waals surface area contributed by atoms with Gasteiger partial charge < -0.3 is 18.9 Å². The Bertz CT molecular complexity index is 549. The summed E-state index contributed by atoms with van der Waals surface area (Å²) in [5.74, 6) is 1.33. The molecule has 0 aromatic heterocycles. The second-order valence-corrected chi connectivity index (χ2v) is 5.64. The molecule has 1 aliphatic heterocycles. The maximum absolute atomic E-state index is 5.79. The summed E-state index contributed by atoms with van der Waals surface area (Å²) in [6.07, 6.45) is 1.85. The lowest BCUT2D eigenvalue weighted by atomic mass is 10.1. The average molecular weight is 324 g/mol. The van der Waals surface area contributed by atoms with Crippen molar-refractivity contribution in [3.05, 3.63) is 23.8 Å². The Labute approximate surface area is 136 Å². The molecule has 0 spiro atoms. The molecule has 0 amide bonds. The molecule has 1 aliphatic rings. The standard InChI is InChI=1S/C16H22NO4S/c1-17(2)9-16(22)12-4-5-14(15(8-12)18-3)21-11-13-10-19-6-7-20-13/h4-5,8-9,13H,6-7,10-11H2,1-3H3/q+1/t13-/m1/s1. The first-order valence-corrected chi connectivity index (χ1v) is 7.57. The minimum Gasteiger partial charge on any atom is -0.493 e. The lowest BCUT2D eigenvalue weighted by molar-refractivity contribution is -0.457. The summed E-state index contributed by atoms with van der Waals surface area (Å²) in [5, 5.41) is 0. The summed E-state index contributed by atoms with van der Waals surface area (Å²) in [4.78, 5) is 0.749. The van der Waals surface area contributed by atoms with Crippen molar-refractivity contribution >= 4 is 23.3 Å². The van der Waals surface area contributed by atoms with Gasteiger partial charge in [0.25, 0.3) is 0 Å². The van der Waals surface area contributed by atoms with Gasteiger partial charge >= 0.3 is 0 Å². The van der Waals surface area contributed by atoms with E-state index in [4.69, 9.17) is 31.2 Å². The van der Waals surface area contributed by atoms with Crippen LogP contribution in [0.4, 0.5) is 0 Å². The van der Waals surface area contributed by atoms with Crippen LogP contribution in [0.3, 0.4) is 0 Å². The van der Waals surface area contributed by atoms with Crippen molar-refractivity contribution in [2.75, 3.05) is 47.6 Å². The molecule has 0 unspecified atom stereocenters. The van der Waals surface area contributed by atoms with E-state index < -0.39 is 0 Å². The highest BCUT2D eigenvalue weighted by Gasteiger charge is 2.16. The Kier molecular flexibility index (Phi) is 6.30. The third-order valence-corrected chi connectivity index (χ3v) is 3.47. The zero-order valence-electron chi connectivity index (χ0n) is 13.2. The van der Waals surface area contributed by atoms with Crippen LogP contribution in [-0.2, 0) is 9.47 Å². The van der Waals surface area contributed by atoms with E-state index in [0.717, 1.165) is 10.4 Å². The van der Waals surface area contributed by atoms with E-state index in [0.29, 0.717) is 37.9 Å². The van der Waals surface area contributed by atoms with Crippen LogP contribution in [0.1, 0.15) is 5.56 Å². The van der Waals surface area contributed by atoms with Crippen molar-refractivity contribution in [3.63, 3.8) is 0 Å². The number of nitrogens with zero attached hydrogens (tertiary/aromatic N) is 1. The maximum atomic E-state index is 5.79. The fraction of sp³-hybridized carbons (Fsp3) is 0.500. The lowest BCUT2D eigenvalue weighted by Gasteiger charge is -2.23. The molecule has 1 saturated heterocycles. The van der Waals surface area contributed by atoms with E-state index in [9.17, 15) is 0 Å². The van der Waals surface area contributed by atoms with Gasteiger partial charge in [0.1, 0.15) is 31.7 Å². The lowest BCUT2D eigenvalue weighted by Crippen LogP contribution is -2.33. The van der Waals surface area contributed by atoms with E-state index >= 15 is 0 Å². The average Bonchev–Trinajstić information content (AvgIpc) is 2.53. The normalized spacial score (nSPS) is 17.7. The van der Waals surface area contributed by atoms with Crippen LogP contribution in [0.5, 0.6) is 11.5 Å². The van der Waals surface area contributed by atoms with Crippen LogP contribution < -0.4 is 9.47 Å². The van der Waals surface area contributed by atoms with Gasteiger partial charge in [-0.2, -0.15) is 0 Å². The monoisotopic (exact) mass is 324 g/mol. The molecular formula is C16H22NO4S+. The molecule has 0 aliphatic carbocycles. The smallest absolute Gasteiger partial charge is 0.181 e. The molecule has 2 rings (SSSR count). The van der Waals surface area contributed by atoms with E-state index in [-0.39, 0.29) is 6.10 Å². The second-order valence-electron chi connectivity index (χ2n) is 5.20. The minimum atomic E-state index is -0.0405. The highest BCUT2D eigenvalue weighted by molar-refractivity contribution is 7.82. The van der Waals surface area contributed by atoms with Crippen molar-refractivity contribution < 1.29 is 23.5 Å². The molecule has 5 nitrogen and oxygen atoms in total. The fourth-order valence-corrected chi connectivity index (χ4v) is 2.40. The van der Waals surface area contributed by atoms with Gasteiger partial charge in [-0.15, -0.1) is 0 Å². The molecule has 22 heavy (non-hydrogen) atoms. The minimum absolute atomic E-state index is 0.0405. The largest absolute Gasteiger partial charge is 0.493 e. The Hall–Kier alpha value is -1.50. The first kappa shape index (κ1) is 16.9. The number of ether oxygens (including phenoxy) is 4. The predicted molar refractivity (Wildman–Crippen MR) is 88.9 cm³/mol. The summed E-state index contributed by atoms with van der Waals surface area (Å²) in [6, 6.07) is 5.68. The molecule has 1 aromatic carbocycles. The van der Waals surface area contributed by atoms with Crippen molar-refractivity contribution in [2.24, 2.45) is 0 Å². The predicted octanol–water partition coefficient (Wildman–Crippen LogP) is 1.55. The topological polar surface area (TPSA) is 39.9 Å². The Morgan fingerprint density at radius 2 is 2.18 bits per heavy atom. The SMILES string of the molecule is COc1cc(C(=S)C=[N+](C)C)ccc1OC[C@H]1COCCO1. The zero-order chi connectivity index (χ0) is 15.9. The Morgan fingerprint density at radius 3 is 2.82 bits per heavy atom. The number of hydrogen-bond acceptors (Lipinski definition) is 5. The molecule has 6 heteroatoms. The van der Waals surface area contributed by atoms with E-state index in [1.165, 1.54) is 0 Å². The van der Waals surface area contributed by atoms with Crippen molar-refractivity contribution in [3.8, 4) is 11.5 Å². The van der Waals surface area contributed by atoms with Crippen LogP contribution in [0.25, 0.3) is 0 Å². The zero-order valence-corrected chi connectivity index (χ0v) is 14.0. The van der Waals surface area contributed by atoms with Gasteiger partial charge in [-0.05, 0) is 18.2 Å². The molecule has 0 N–H and O–H groups in total. The van der Waals surface area contributed by atoms with Crippen LogP contribution in [0.2, 0.25) is 0 Å². The number of benzene rings is 1. The van der Waals surface area contributed by atoms with Gasteiger partial charge in [0.2, 0.25) is 0 Å². The third-order valence-electron chi connectivity index (χ3n) is 3.13. The molecule has 0 radical (unpaired) electrons. The number of thiocarbonyl (C=S) groups is 1. The number of methoxy groups -OCH3 is 1. The van der Waals surface area contributed by atoms with Crippen molar-refractivity contribution in [1.82, 2.24) is 0 Å². The van der Waals surface area contributed by atoms with Crippen LogP contribution >= 0.6 is 12.2 Å². The molecule has 1 fully saturated rings. The third kappa shape index (κ3) is 4.76. The molecule has 0 bridgehead atoms. The highest BCUT2D eigenvalue weighted by Crippen LogP contribution is 2.28. The quantitative estimate of drug-likeness (QED) is 0.344. The van der Waals surface area contributed by atoms with Crippen molar-refractivity contribution in [2.45, 2.75) is 6.10 Å². The molecular weight excluding hydrogens is 302 g/mol. The van der Waals surface area contributed by atoms with Gasteiger partial charge in [0.15, 0.2) is 17.7 Å². The first-order valence-electron chi connectivity index (χ1n) is 7.16. The summed E-state index contributed by atoms with van der Waals surface area (Å²) in [7, 11) is 5.49. The molecule has 120 valence electrons. The molecule has 1 atom stereocenters. The van der Waals surface area contributed by atoms with E-state index in [1.54, 1.807) is 7.11 Å². The summed E-state index contributed by atoms with van der Waals surface area (Å²) >= 11 is 5.38. The van der Waals surface area contributed by atoms with Crippen LogP contribution in [0.15, 0.2) is 18.2 Å². The molecule has 0 saturated carbocycles. The van der Waals surface area contributed by atoms with Gasteiger partial charge in [0.05, 0.1) is 26.9 Å². The summed E-state index contributed by atoms with van der Waals surface area (Å²) < 4.78 is 24.0. The fourth-order valence-electron chi connectivity index (χ4n) is 2.06. The number of rotatable bonds is 6. The summed E-state index contributed by atoms with van der Waals surface area (Å²) in [6.45, 7) is 2.25. The van der Waals surface area contributed by atoms with Crippen molar-refractivity contribution in [1.29, 1.82) is 0 Å². The molecule has 1 aromatic rings. The molecule has 1 heterocycles. The van der Waals surface area contributed by atoms with Crippen LogP contribution in [-0.4, -0.2) is 69.4 Å². The Balaban J connectivity index is 2.05. The first-order chi connectivity index (χ1) is 10.6. The van der Waals surface area contributed by atoms with Gasteiger partial charge in [0, 0.05) is 5.56 Å². The number of hydrogen-bond donors (Lipinski definition) is 0. The van der Waals surface area contributed by atoms with E-state index in [2.05, 4.69) is 0 Å². The van der Waals surface area contributed by atoms with Gasteiger partial charge in [-0.25, -0.2) is 4.58 Å². The summed E-state index contributed by atoms with van der Waals surface area (Å²) in [5.41, 5.74) is 0.921. The Morgan fingerprint density at radius 1 is 1.36 bits per heavy atom. The van der Waals surface area contributed by atoms with Crippen LogP contribution in [0, 0.1) is 0 Å². The van der Waals surface area contributed by atoms with Gasteiger partial charge in [-0.3, -0.25) is 0 Å². The highest BCUT2D eigenvalue weighted by atomic mass is 32.1. The van der Waals surface area contributed by atoms with E-state index in [1.807, 2.05) is 43.1 Å². The second kappa shape index (κ2) is 8.22. The van der Waals surface area contributed by atoms with Gasteiger partial charge in [-0.1, -0.05) is 12.2 Å².